The van der Waals surface area contributed by atoms with E-state index >= 15 is 0 Å². The monoisotopic (exact) mass is 362 g/mol. The summed E-state index contributed by atoms with van der Waals surface area (Å²) >= 11 is 3.31. The van der Waals surface area contributed by atoms with Crippen LogP contribution in [0.2, 0.25) is 0 Å². The molecule has 6 heteroatoms. The van der Waals surface area contributed by atoms with E-state index in [1.807, 2.05) is 34.0 Å². The van der Waals surface area contributed by atoms with E-state index in [2.05, 4.69) is 25.6 Å². The molecule has 0 radical (unpaired) electrons. The zero-order valence-electron chi connectivity index (χ0n) is 12.7. The van der Waals surface area contributed by atoms with E-state index in [4.69, 9.17) is 0 Å². The second kappa shape index (κ2) is 6.56. The van der Waals surface area contributed by atoms with Crippen molar-refractivity contribution in [1.82, 2.24) is 9.62 Å². The third-order valence-electron chi connectivity index (χ3n) is 2.92. The van der Waals surface area contributed by atoms with Crippen LogP contribution in [-0.2, 0) is 10.0 Å². The fourth-order valence-corrected chi connectivity index (χ4v) is 4.17. The largest absolute Gasteiger partial charge is 0.309 e. The van der Waals surface area contributed by atoms with Crippen LogP contribution < -0.4 is 4.72 Å². The lowest BCUT2D eigenvalue weighted by molar-refractivity contribution is 0.242. The van der Waals surface area contributed by atoms with Gasteiger partial charge in [-0.1, -0.05) is 35.8 Å². The predicted molar refractivity (Wildman–Crippen MR) is 86.4 cm³/mol. The predicted octanol–water partition coefficient (Wildman–Crippen LogP) is 2.62. The lowest BCUT2D eigenvalue weighted by Gasteiger charge is -2.28. The molecule has 0 atom stereocenters. The molecule has 114 valence electrons. The summed E-state index contributed by atoms with van der Waals surface area (Å²) in [6.45, 7) is 7.10. The maximum absolute atomic E-state index is 12.4. The van der Waals surface area contributed by atoms with Crippen LogP contribution in [0.25, 0.3) is 0 Å². The number of nitrogens with zero attached hydrogens (tertiary/aromatic N) is 1. The fraction of sp³-hybridized carbons (Fsp3) is 0.571. The summed E-state index contributed by atoms with van der Waals surface area (Å²) < 4.78 is 28.3. The Hall–Kier alpha value is -0.430. The molecule has 1 N–H and O–H groups in total. The molecule has 20 heavy (non-hydrogen) atoms. The lowest BCUT2D eigenvalue weighted by Crippen LogP contribution is -2.40. The van der Waals surface area contributed by atoms with E-state index < -0.39 is 10.0 Å². The van der Waals surface area contributed by atoms with Crippen LogP contribution in [0.1, 0.15) is 19.4 Å². The van der Waals surface area contributed by atoms with Crippen LogP contribution >= 0.6 is 15.9 Å². The van der Waals surface area contributed by atoms with Crippen LogP contribution in [0, 0.1) is 12.3 Å². The zero-order valence-corrected chi connectivity index (χ0v) is 15.1. The Bertz CT molecular complexity index is 569. The highest BCUT2D eigenvalue weighted by Crippen LogP contribution is 2.22. The summed E-state index contributed by atoms with van der Waals surface area (Å²) in [4.78, 5) is 2.38. The minimum Gasteiger partial charge on any atom is -0.309 e. The summed E-state index contributed by atoms with van der Waals surface area (Å²) in [5.74, 6) is 0. The van der Waals surface area contributed by atoms with Crippen molar-refractivity contribution >= 4 is 26.0 Å². The van der Waals surface area contributed by atoms with Gasteiger partial charge >= 0.3 is 0 Å². The summed E-state index contributed by atoms with van der Waals surface area (Å²) in [7, 11) is 0.481. The van der Waals surface area contributed by atoms with Crippen molar-refractivity contribution < 1.29 is 8.42 Å². The summed E-state index contributed by atoms with van der Waals surface area (Å²) in [5, 5.41) is 0. The molecule has 0 heterocycles. The average Bonchev–Trinajstić information content (AvgIpc) is 2.28. The molecule has 1 aromatic carbocycles. The zero-order chi connectivity index (χ0) is 15.6. The number of hydrogen-bond acceptors (Lipinski definition) is 3. The van der Waals surface area contributed by atoms with Gasteiger partial charge in [0.15, 0.2) is 0 Å². The Morgan fingerprint density at radius 1 is 1.30 bits per heavy atom. The van der Waals surface area contributed by atoms with E-state index in [1.165, 1.54) is 0 Å². The molecular formula is C14H23BrN2O2S. The molecule has 1 aromatic rings. The maximum Gasteiger partial charge on any atom is 0.240 e. The van der Waals surface area contributed by atoms with Gasteiger partial charge in [-0.15, -0.1) is 0 Å². The lowest BCUT2D eigenvalue weighted by atomic mass is 9.93. The Labute approximate surface area is 130 Å². The molecule has 0 bridgehead atoms. The third kappa shape index (κ3) is 5.16. The molecule has 0 saturated heterocycles. The quantitative estimate of drug-likeness (QED) is 0.845. The van der Waals surface area contributed by atoms with Gasteiger partial charge in [-0.25, -0.2) is 13.1 Å². The molecule has 0 aliphatic heterocycles. The van der Waals surface area contributed by atoms with Gasteiger partial charge in [0.2, 0.25) is 10.0 Å². The van der Waals surface area contributed by atoms with Gasteiger partial charge in [0.05, 0.1) is 4.90 Å². The number of halogens is 1. The minimum absolute atomic E-state index is 0.128. The van der Waals surface area contributed by atoms with Crippen molar-refractivity contribution in [2.24, 2.45) is 5.41 Å². The van der Waals surface area contributed by atoms with Crippen molar-refractivity contribution in [3.63, 3.8) is 0 Å². The molecule has 1 rings (SSSR count). The van der Waals surface area contributed by atoms with Crippen LogP contribution in [0.5, 0.6) is 0 Å². The molecule has 0 saturated carbocycles. The van der Waals surface area contributed by atoms with Gasteiger partial charge in [-0.2, -0.15) is 0 Å². The van der Waals surface area contributed by atoms with Crippen molar-refractivity contribution in [1.29, 1.82) is 0 Å². The molecule has 0 aliphatic carbocycles. The van der Waals surface area contributed by atoms with Gasteiger partial charge in [0, 0.05) is 17.6 Å². The van der Waals surface area contributed by atoms with Crippen LogP contribution in [0.4, 0.5) is 0 Å². The molecule has 0 amide bonds. The van der Waals surface area contributed by atoms with Crippen molar-refractivity contribution in [2.75, 3.05) is 27.2 Å². The topological polar surface area (TPSA) is 49.4 Å². The van der Waals surface area contributed by atoms with Gasteiger partial charge < -0.3 is 4.90 Å². The first kappa shape index (κ1) is 17.6. The average molecular weight is 363 g/mol. The Morgan fingerprint density at radius 3 is 2.45 bits per heavy atom. The molecular weight excluding hydrogens is 340 g/mol. The fourth-order valence-electron chi connectivity index (χ4n) is 2.14. The summed E-state index contributed by atoms with van der Waals surface area (Å²) in [6.07, 6.45) is 0. The standard InChI is InChI=1S/C14H23BrN2O2S/c1-11-6-7-12(15)8-13(11)20(18,19)16-9-14(2,3)10-17(4)5/h6-8,16H,9-10H2,1-5H3. The van der Waals surface area contributed by atoms with Crippen LogP contribution in [0.15, 0.2) is 27.6 Å². The van der Waals surface area contributed by atoms with E-state index in [0.29, 0.717) is 11.4 Å². The number of hydrogen-bond donors (Lipinski definition) is 1. The van der Waals surface area contributed by atoms with E-state index in [-0.39, 0.29) is 5.41 Å². The second-order valence-electron chi connectivity index (χ2n) is 6.14. The molecule has 0 aliphatic rings. The van der Waals surface area contributed by atoms with E-state index in [9.17, 15) is 8.42 Å². The molecule has 0 fully saturated rings. The molecule has 0 aromatic heterocycles. The van der Waals surface area contributed by atoms with Gasteiger partial charge in [-0.3, -0.25) is 0 Å². The first-order chi connectivity index (χ1) is 9.03. The van der Waals surface area contributed by atoms with Gasteiger partial charge in [-0.05, 0) is 44.1 Å². The SMILES string of the molecule is Cc1ccc(Br)cc1S(=O)(=O)NCC(C)(C)CN(C)C. The van der Waals surface area contributed by atoms with Crippen molar-refractivity contribution in [2.45, 2.75) is 25.7 Å². The molecule has 0 unspecified atom stereocenters. The number of rotatable bonds is 6. The van der Waals surface area contributed by atoms with Gasteiger partial charge in [0.25, 0.3) is 0 Å². The Morgan fingerprint density at radius 2 is 1.90 bits per heavy atom. The highest BCUT2D eigenvalue weighted by molar-refractivity contribution is 9.10. The van der Waals surface area contributed by atoms with Crippen LogP contribution in [-0.4, -0.2) is 40.5 Å². The minimum atomic E-state index is -3.48. The van der Waals surface area contributed by atoms with Crippen molar-refractivity contribution in [3.05, 3.63) is 28.2 Å². The van der Waals surface area contributed by atoms with Crippen LogP contribution in [0.3, 0.4) is 0 Å². The van der Waals surface area contributed by atoms with E-state index in [1.54, 1.807) is 19.1 Å². The summed E-state index contributed by atoms with van der Waals surface area (Å²) in [6, 6.07) is 5.27. The molecule has 4 nitrogen and oxygen atoms in total. The molecule has 0 spiro atoms. The smallest absolute Gasteiger partial charge is 0.240 e. The Balaban J connectivity index is 2.88. The van der Waals surface area contributed by atoms with Gasteiger partial charge in [0.1, 0.15) is 0 Å². The first-order valence-corrected chi connectivity index (χ1v) is 8.72. The first-order valence-electron chi connectivity index (χ1n) is 6.44. The van der Waals surface area contributed by atoms with Crippen molar-refractivity contribution in [3.8, 4) is 0 Å². The third-order valence-corrected chi connectivity index (χ3v) is 4.96. The van der Waals surface area contributed by atoms with E-state index in [0.717, 1.165) is 16.6 Å². The Kier molecular flexibility index (Phi) is 5.78. The number of nitrogens with one attached hydrogen (secondary N) is 1. The maximum atomic E-state index is 12.4. The normalized spacial score (nSPS) is 12.9. The highest BCUT2D eigenvalue weighted by Gasteiger charge is 2.24. The number of sulfonamides is 1. The number of aryl methyl sites for hydroxylation is 1. The summed E-state index contributed by atoms with van der Waals surface area (Å²) in [5.41, 5.74) is 0.613. The number of benzene rings is 1. The second-order valence-corrected chi connectivity index (χ2v) is 8.79. The highest BCUT2D eigenvalue weighted by atomic mass is 79.9.